The van der Waals surface area contributed by atoms with Crippen LogP contribution in [0.25, 0.3) is 0 Å². The van der Waals surface area contributed by atoms with Crippen LogP contribution < -0.4 is 16.2 Å². The molecule has 19 heavy (non-hydrogen) atoms. The highest BCUT2D eigenvalue weighted by atomic mass is 32.2. The summed E-state index contributed by atoms with van der Waals surface area (Å²) in [5.41, 5.74) is 11.3. The Labute approximate surface area is 112 Å². The Morgan fingerprint density at radius 2 is 2.00 bits per heavy atom. The standard InChI is InChI=1S/C12H18N2O4S/c1-2-6-19(16,17)7-5-18-11-4-3-9(13)8-10(11)12(14)15/h3-4,8H,2,5-7,13H2,1H3,(H2,14,15). The number of amides is 1. The van der Waals surface area contributed by atoms with Crippen LogP contribution in [0.4, 0.5) is 5.69 Å². The Hall–Kier alpha value is -1.76. The molecule has 0 aliphatic heterocycles. The lowest BCUT2D eigenvalue weighted by Crippen LogP contribution is -2.19. The number of hydrogen-bond acceptors (Lipinski definition) is 5. The molecule has 0 heterocycles. The molecule has 0 saturated heterocycles. The molecule has 4 N–H and O–H groups in total. The minimum atomic E-state index is -3.11. The van der Waals surface area contributed by atoms with Gasteiger partial charge in [-0.15, -0.1) is 0 Å². The highest BCUT2D eigenvalue weighted by Crippen LogP contribution is 2.20. The average Bonchev–Trinajstić information content (AvgIpc) is 2.30. The Bertz CT molecular complexity index is 555. The quantitative estimate of drug-likeness (QED) is 0.712. The summed E-state index contributed by atoms with van der Waals surface area (Å²) in [5.74, 6) is -0.392. The average molecular weight is 286 g/mol. The maximum Gasteiger partial charge on any atom is 0.252 e. The number of ether oxygens (including phenoxy) is 1. The number of hydrogen-bond donors (Lipinski definition) is 2. The highest BCUT2D eigenvalue weighted by molar-refractivity contribution is 7.91. The molecule has 1 amide bonds. The summed E-state index contributed by atoms with van der Waals surface area (Å²) < 4.78 is 28.3. The van der Waals surface area contributed by atoms with Gasteiger partial charge in [0.2, 0.25) is 0 Å². The molecule has 1 rings (SSSR count). The van der Waals surface area contributed by atoms with Crippen LogP contribution in [0.2, 0.25) is 0 Å². The van der Waals surface area contributed by atoms with Crippen molar-refractivity contribution in [3.05, 3.63) is 23.8 Å². The summed E-state index contributed by atoms with van der Waals surface area (Å²) in [7, 11) is -3.11. The fraction of sp³-hybridized carbons (Fsp3) is 0.417. The highest BCUT2D eigenvalue weighted by Gasteiger charge is 2.13. The molecule has 0 radical (unpaired) electrons. The maximum atomic E-state index is 11.5. The third-order valence-corrected chi connectivity index (χ3v) is 4.26. The van der Waals surface area contributed by atoms with Gasteiger partial charge in [-0.1, -0.05) is 6.92 Å². The predicted octanol–water partition coefficient (Wildman–Crippen LogP) is 0.571. The first kappa shape index (κ1) is 15.3. The third kappa shape index (κ3) is 4.78. The fourth-order valence-corrected chi connectivity index (χ4v) is 2.72. The molecular weight excluding hydrogens is 268 g/mol. The van der Waals surface area contributed by atoms with Crippen LogP contribution in [0, 0.1) is 0 Å². The van der Waals surface area contributed by atoms with Gasteiger partial charge in [0, 0.05) is 5.69 Å². The molecule has 0 fully saturated rings. The lowest BCUT2D eigenvalue weighted by molar-refractivity contribution is 0.0996. The minimum Gasteiger partial charge on any atom is -0.492 e. The Balaban J connectivity index is 2.71. The second kappa shape index (κ2) is 6.42. The molecule has 6 nitrogen and oxygen atoms in total. The van der Waals surface area contributed by atoms with E-state index in [9.17, 15) is 13.2 Å². The molecule has 0 bridgehead atoms. The molecule has 0 aliphatic rings. The second-order valence-corrected chi connectivity index (χ2v) is 6.42. The number of nitrogens with two attached hydrogens (primary N) is 2. The Morgan fingerprint density at radius 3 is 2.58 bits per heavy atom. The second-order valence-electron chi connectivity index (χ2n) is 4.12. The summed E-state index contributed by atoms with van der Waals surface area (Å²) in [4.78, 5) is 11.2. The minimum absolute atomic E-state index is 0.0213. The van der Waals surface area contributed by atoms with Crippen LogP contribution in [0.5, 0.6) is 5.75 Å². The smallest absolute Gasteiger partial charge is 0.252 e. The van der Waals surface area contributed by atoms with E-state index in [2.05, 4.69) is 0 Å². The van der Waals surface area contributed by atoms with E-state index >= 15 is 0 Å². The summed E-state index contributed by atoms with van der Waals surface area (Å²) >= 11 is 0. The first-order valence-corrected chi connectivity index (χ1v) is 7.70. The summed E-state index contributed by atoms with van der Waals surface area (Å²) in [6.07, 6.45) is 0.566. The van der Waals surface area contributed by atoms with Gasteiger partial charge < -0.3 is 16.2 Å². The zero-order valence-electron chi connectivity index (χ0n) is 10.8. The van der Waals surface area contributed by atoms with Crippen LogP contribution in [-0.4, -0.2) is 32.4 Å². The van der Waals surface area contributed by atoms with E-state index in [1.54, 1.807) is 13.0 Å². The van der Waals surface area contributed by atoms with Crippen molar-refractivity contribution in [1.29, 1.82) is 0 Å². The van der Waals surface area contributed by atoms with E-state index in [4.69, 9.17) is 16.2 Å². The van der Waals surface area contributed by atoms with Crippen molar-refractivity contribution in [2.45, 2.75) is 13.3 Å². The normalized spacial score (nSPS) is 11.2. The van der Waals surface area contributed by atoms with Gasteiger partial charge >= 0.3 is 0 Å². The van der Waals surface area contributed by atoms with E-state index in [0.717, 1.165) is 0 Å². The summed E-state index contributed by atoms with van der Waals surface area (Å²) in [6, 6.07) is 4.46. The lowest BCUT2D eigenvalue weighted by Gasteiger charge is -2.10. The molecule has 0 unspecified atom stereocenters. The van der Waals surface area contributed by atoms with Crippen molar-refractivity contribution in [3.8, 4) is 5.75 Å². The fourth-order valence-electron chi connectivity index (χ4n) is 1.56. The van der Waals surface area contributed by atoms with Crippen molar-refractivity contribution in [1.82, 2.24) is 0 Å². The van der Waals surface area contributed by atoms with Gasteiger partial charge in [-0.25, -0.2) is 8.42 Å². The van der Waals surface area contributed by atoms with Crippen molar-refractivity contribution < 1.29 is 17.9 Å². The molecule has 1 aromatic rings. The number of rotatable bonds is 7. The molecular formula is C12H18N2O4S. The van der Waals surface area contributed by atoms with Gasteiger partial charge in [0.1, 0.15) is 12.4 Å². The van der Waals surface area contributed by atoms with E-state index in [1.807, 2.05) is 0 Å². The van der Waals surface area contributed by atoms with Gasteiger partial charge in [-0.3, -0.25) is 4.79 Å². The molecule has 7 heteroatoms. The Kier molecular flexibility index (Phi) is 5.17. The number of sulfone groups is 1. The van der Waals surface area contributed by atoms with Crippen LogP contribution >= 0.6 is 0 Å². The van der Waals surface area contributed by atoms with E-state index in [0.29, 0.717) is 12.1 Å². The monoisotopic (exact) mass is 286 g/mol. The van der Waals surface area contributed by atoms with Gasteiger partial charge in [0.25, 0.3) is 5.91 Å². The topological polar surface area (TPSA) is 112 Å². The Morgan fingerprint density at radius 1 is 1.32 bits per heavy atom. The van der Waals surface area contributed by atoms with Crippen molar-refractivity contribution in [2.75, 3.05) is 23.8 Å². The van der Waals surface area contributed by atoms with Crippen molar-refractivity contribution >= 4 is 21.4 Å². The number of primary amides is 1. The summed E-state index contributed by atoms with van der Waals surface area (Å²) in [5, 5.41) is 0. The number of carbonyl (C=O) groups is 1. The molecule has 106 valence electrons. The molecule has 0 aliphatic carbocycles. The van der Waals surface area contributed by atoms with Crippen LogP contribution in [0.15, 0.2) is 18.2 Å². The zero-order chi connectivity index (χ0) is 14.5. The molecule has 0 spiro atoms. The van der Waals surface area contributed by atoms with Crippen molar-refractivity contribution in [2.24, 2.45) is 5.73 Å². The number of nitrogen functional groups attached to an aromatic ring is 1. The van der Waals surface area contributed by atoms with Gasteiger partial charge in [0.15, 0.2) is 9.84 Å². The predicted molar refractivity (Wildman–Crippen MR) is 73.8 cm³/mol. The first-order chi connectivity index (χ1) is 8.85. The maximum absolute atomic E-state index is 11.5. The lowest BCUT2D eigenvalue weighted by atomic mass is 10.1. The van der Waals surface area contributed by atoms with E-state index in [-0.39, 0.29) is 29.4 Å². The molecule has 0 aromatic heterocycles. The third-order valence-electron chi connectivity index (χ3n) is 2.44. The zero-order valence-corrected chi connectivity index (χ0v) is 11.6. The number of carbonyl (C=O) groups excluding carboxylic acids is 1. The summed E-state index contributed by atoms with van der Waals surface area (Å²) in [6.45, 7) is 1.77. The van der Waals surface area contributed by atoms with E-state index in [1.165, 1.54) is 12.1 Å². The van der Waals surface area contributed by atoms with Gasteiger partial charge in [0.05, 0.1) is 17.1 Å². The van der Waals surface area contributed by atoms with E-state index < -0.39 is 15.7 Å². The SMILES string of the molecule is CCCS(=O)(=O)CCOc1ccc(N)cc1C(N)=O. The number of anilines is 1. The van der Waals surface area contributed by atoms with Crippen LogP contribution in [-0.2, 0) is 9.84 Å². The van der Waals surface area contributed by atoms with Crippen LogP contribution in [0.3, 0.4) is 0 Å². The van der Waals surface area contributed by atoms with Crippen molar-refractivity contribution in [3.63, 3.8) is 0 Å². The molecule has 0 atom stereocenters. The number of benzene rings is 1. The first-order valence-electron chi connectivity index (χ1n) is 5.88. The molecule has 1 aromatic carbocycles. The van der Waals surface area contributed by atoms with Gasteiger partial charge in [-0.05, 0) is 24.6 Å². The van der Waals surface area contributed by atoms with Gasteiger partial charge in [-0.2, -0.15) is 0 Å². The largest absolute Gasteiger partial charge is 0.492 e. The van der Waals surface area contributed by atoms with Crippen LogP contribution in [0.1, 0.15) is 23.7 Å². The molecule has 0 saturated carbocycles.